The summed E-state index contributed by atoms with van der Waals surface area (Å²) >= 11 is 0. The summed E-state index contributed by atoms with van der Waals surface area (Å²) in [5.74, 6) is 0. The molecule has 13 aromatic rings. The number of para-hydroxylation sites is 3. The number of fused-ring (bicyclic) bond motifs is 14. The molecule has 3 nitrogen and oxygen atoms in total. The van der Waals surface area contributed by atoms with Crippen molar-refractivity contribution in [1.82, 2.24) is 9.13 Å². The fraction of sp³-hybridized carbons (Fsp3) is 0.120. The normalized spacial score (nSPS) is 15.1. The molecule has 0 saturated heterocycles. The van der Waals surface area contributed by atoms with Crippen LogP contribution in [0.15, 0.2) is 237 Å². The van der Waals surface area contributed by atoms with Gasteiger partial charge in [0.05, 0.1) is 33.4 Å². The summed E-state index contributed by atoms with van der Waals surface area (Å²) in [5.41, 5.74) is 28.6. The standard InChI is InChI=1S/C75H57N3/c1-73(2)61-28-18-16-26-53(61)55-42-59-57-38-46(30-34-67(57)76(71(59)44-63(55)73)50-20-10-7-11-21-50)48-32-36-69-65(40-48)75(5,6)66-41-49(33-37-70(66)78(69)52-24-14-9-15-25-52)47-31-35-68-58(39-47)60-43-56-54-27-17-19-29-62(54)74(3,4)64(56)45-72(60)77(68)51-22-12-8-13-23-51/h7-45H,1-6H3. The van der Waals surface area contributed by atoms with Gasteiger partial charge in [0.1, 0.15) is 0 Å². The van der Waals surface area contributed by atoms with Crippen molar-refractivity contribution in [1.29, 1.82) is 0 Å². The third kappa shape index (κ3) is 6.16. The molecule has 0 N–H and O–H groups in total. The Morgan fingerprint density at radius 1 is 0.244 bits per heavy atom. The highest BCUT2D eigenvalue weighted by Crippen LogP contribution is 2.56. The van der Waals surface area contributed by atoms with Gasteiger partial charge in [-0.15, -0.1) is 0 Å². The number of aromatic nitrogens is 2. The SMILES string of the molecule is CC1(C)c2ccccc2-c2cc3c4cc(-c5ccc6c(c5)C(C)(C)c5cc(-c7ccc8c(c7)c7cc9c(cc7n8-c7ccccc7)C(C)(C)c7ccccc7-9)ccc5N6c5ccccc5)ccc4n(-c4ccccc4)c3cc21. The molecule has 0 atom stereocenters. The van der Waals surface area contributed by atoms with E-state index in [0.717, 1.165) is 5.69 Å². The first-order valence-electron chi connectivity index (χ1n) is 27.7. The molecule has 0 unspecified atom stereocenters. The molecule has 2 aromatic heterocycles. The van der Waals surface area contributed by atoms with E-state index in [2.05, 4.69) is 292 Å². The van der Waals surface area contributed by atoms with Crippen LogP contribution in [0.1, 0.15) is 74.9 Å². The maximum atomic E-state index is 2.48. The molecule has 2 aliphatic carbocycles. The van der Waals surface area contributed by atoms with Gasteiger partial charge in [-0.05, 0) is 187 Å². The molecule has 1 aliphatic heterocycles. The van der Waals surface area contributed by atoms with Crippen LogP contribution in [0.2, 0.25) is 0 Å². The van der Waals surface area contributed by atoms with Crippen LogP contribution in [0.4, 0.5) is 17.1 Å². The van der Waals surface area contributed by atoms with E-state index in [0.29, 0.717) is 0 Å². The molecule has 0 spiro atoms. The monoisotopic (exact) mass is 999 g/mol. The maximum Gasteiger partial charge on any atom is 0.0544 e. The van der Waals surface area contributed by atoms with Crippen molar-refractivity contribution in [3.05, 3.63) is 270 Å². The van der Waals surface area contributed by atoms with E-state index in [4.69, 9.17) is 0 Å². The minimum Gasteiger partial charge on any atom is -0.310 e. The van der Waals surface area contributed by atoms with Crippen LogP contribution in [0.3, 0.4) is 0 Å². The van der Waals surface area contributed by atoms with E-state index in [9.17, 15) is 0 Å². The molecule has 78 heavy (non-hydrogen) atoms. The van der Waals surface area contributed by atoms with E-state index in [1.54, 1.807) is 0 Å². The number of hydrogen-bond acceptors (Lipinski definition) is 1. The Morgan fingerprint density at radius 3 is 1.03 bits per heavy atom. The molecule has 0 bridgehead atoms. The molecule has 0 amide bonds. The molecule has 16 rings (SSSR count). The highest BCUT2D eigenvalue weighted by atomic mass is 15.2. The Hall–Kier alpha value is -9.18. The molecule has 3 heteroatoms. The average molecular weight is 1000 g/mol. The zero-order chi connectivity index (χ0) is 52.4. The quantitative estimate of drug-likeness (QED) is 0.167. The molecular weight excluding hydrogens is 943 g/mol. The summed E-state index contributed by atoms with van der Waals surface area (Å²) in [5, 5.41) is 5.07. The lowest BCUT2D eigenvalue weighted by atomic mass is 9.72. The van der Waals surface area contributed by atoms with Crippen LogP contribution >= 0.6 is 0 Å². The van der Waals surface area contributed by atoms with Crippen molar-refractivity contribution in [3.8, 4) is 55.9 Å². The highest BCUT2D eigenvalue weighted by Gasteiger charge is 2.40. The summed E-state index contributed by atoms with van der Waals surface area (Å²) < 4.78 is 4.95. The minimum absolute atomic E-state index is 0.101. The Labute approximate surface area is 455 Å². The second kappa shape index (κ2) is 15.9. The van der Waals surface area contributed by atoms with Crippen molar-refractivity contribution in [3.63, 3.8) is 0 Å². The van der Waals surface area contributed by atoms with Gasteiger partial charge in [-0.2, -0.15) is 0 Å². The fourth-order valence-corrected chi connectivity index (χ4v) is 14.4. The zero-order valence-electron chi connectivity index (χ0n) is 44.9. The van der Waals surface area contributed by atoms with Crippen molar-refractivity contribution < 1.29 is 0 Å². The highest BCUT2D eigenvalue weighted by molar-refractivity contribution is 6.14. The third-order valence-corrected chi connectivity index (χ3v) is 18.5. The van der Waals surface area contributed by atoms with Crippen LogP contribution in [-0.2, 0) is 16.2 Å². The van der Waals surface area contributed by atoms with Gasteiger partial charge in [-0.25, -0.2) is 0 Å². The Bertz CT molecular complexity index is 4400. The number of benzene rings is 11. The minimum atomic E-state index is -0.343. The van der Waals surface area contributed by atoms with Crippen LogP contribution in [-0.4, -0.2) is 9.13 Å². The van der Waals surface area contributed by atoms with Crippen LogP contribution in [0, 0.1) is 0 Å². The number of hydrogen-bond donors (Lipinski definition) is 0. The van der Waals surface area contributed by atoms with Crippen LogP contribution in [0.5, 0.6) is 0 Å². The lowest BCUT2D eigenvalue weighted by molar-refractivity contribution is 0.632. The topological polar surface area (TPSA) is 13.1 Å². The van der Waals surface area contributed by atoms with Crippen LogP contribution < -0.4 is 4.90 Å². The third-order valence-electron chi connectivity index (χ3n) is 18.5. The van der Waals surface area contributed by atoms with Crippen LogP contribution in [0.25, 0.3) is 99.5 Å². The van der Waals surface area contributed by atoms with E-state index in [1.807, 2.05) is 0 Å². The van der Waals surface area contributed by atoms with Gasteiger partial charge < -0.3 is 14.0 Å². The van der Waals surface area contributed by atoms with Gasteiger partial charge in [0.2, 0.25) is 0 Å². The predicted molar refractivity (Wildman–Crippen MR) is 328 cm³/mol. The summed E-state index contributed by atoms with van der Waals surface area (Å²) in [7, 11) is 0. The van der Waals surface area contributed by atoms with E-state index in [1.165, 1.54) is 144 Å². The van der Waals surface area contributed by atoms with Gasteiger partial charge >= 0.3 is 0 Å². The largest absolute Gasteiger partial charge is 0.310 e. The lowest BCUT2D eigenvalue weighted by Gasteiger charge is -2.42. The summed E-state index contributed by atoms with van der Waals surface area (Å²) in [4.78, 5) is 2.48. The van der Waals surface area contributed by atoms with E-state index < -0.39 is 0 Å². The number of nitrogens with zero attached hydrogens (tertiary/aromatic N) is 3. The van der Waals surface area contributed by atoms with Crippen molar-refractivity contribution in [2.75, 3.05) is 4.90 Å². The predicted octanol–water partition coefficient (Wildman–Crippen LogP) is 19.9. The lowest BCUT2D eigenvalue weighted by Crippen LogP contribution is -2.30. The van der Waals surface area contributed by atoms with Gasteiger partial charge in [0.15, 0.2) is 0 Å². The van der Waals surface area contributed by atoms with Gasteiger partial charge in [0.25, 0.3) is 0 Å². The first kappa shape index (κ1) is 45.1. The number of anilines is 3. The molecule has 3 aliphatic rings. The maximum absolute atomic E-state index is 2.48. The second-order valence-electron chi connectivity index (χ2n) is 23.7. The fourth-order valence-electron chi connectivity index (χ4n) is 14.4. The second-order valence-corrected chi connectivity index (χ2v) is 23.7. The van der Waals surface area contributed by atoms with E-state index in [-0.39, 0.29) is 16.2 Å². The Morgan fingerprint density at radius 2 is 0.590 bits per heavy atom. The smallest absolute Gasteiger partial charge is 0.0544 e. The number of rotatable bonds is 5. The van der Waals surface area contributed by atoms with Gasteiger partial charge in [0, 0.05) is 54.9 Å². The summed E-state index contributed by atoms with van der Waals surface area (Å²) in [6.45, 7) is 14.4. The van der Waals surface area contributed by atoms with Gasteiger partial charge in [-0.3, -0.25) is 0 Å². The average Bonchev–Trinajstić information content (AvgIpc) is 3.67. The van der Waals surface area contributed by atoms with Crippen molar-refractivity contribution in [2.45, 2.75) is 57.8 Å². The molecule has 0 radical (unpaired) electrons. The molecule has 11 aromatic carbocycles. The summed E-state index contributed by atoms with van der Waals surface area (Å²) in [6.07, 6.45) is 0. The molecule has 372 valence electrons. The zero-order valence-corrected chi connectivity index (χ0v) is 44.9. The van der Waals surface area contributed by atoms with Gasteiger partial charge in [-0.1, -0.05) is 169 Å². The first-order valence-corrected chi connectivity index (χ1v) is 27.7. The van der Waals surface area contributed by atoms with E-state index >= 15 is 0 Å². The molecular formula is C75H57N3. The Balaban J connectivity index is 0.858. The molecule has 0 fully saturated rings. The first-order chi connectivity index (χ1) is 37.9. The summed E-state index contributed by atoms with van der Waals surface area (Å²) in [6, 6.07) is 89.3. The van der Waals surface area contributed by atoms with Crippen molar-refractivity contribution in [2.24, 2.45) is 0 Å². The Kier molecular flexibility index (Phi) is 9.21. The van der Waals surface area contributed by atoms with Crippen molar-refractivity contribution >= 4 is 60.7 Å². The molecule has 0 saturated carbocycles. The molecule has 3 heterocycles.